The monoisotopic (exact) mass is 268 g/mol. The van der Waals surface area contributed by atoms with E-state index in [0.717, 1.165) is 5.56 Å². The number of rotatable bonds is 3. The van der Waals surface area contributed by atoms with Gasteiger partial charge >= 0.3 is 6.18 Å². The molecule has 1 aromatic heterocycles. The molecule has 1 heterocycles. The van der Waals surface area contributed by atoms with E-state index in [1.807, 2.05) is 0 Å². The smallest absolute Gasteiger partial charge is 0.422 e. The van der Waals surface area contributed by atoms with Crippen LogP contribution in [0.25, 0.3) is 11.1 Å². The van der Waals surface area contributed by atoms with Crippen molar-refractivity contribution < 1.29 is 17.9 Å². The Morgan fingerprint density at radius 3 is 2.58 bits per heavy atom. The lowest BCUT2D eigenvalue weighted by atomic mass is 10.1. The fourth-order valence-electron chi connectivity index (χ4n) is 1.53. The van der Waals surface area contributed by atoms with Gasteiger partial charge in [0.15, 0.2) is 6.61 Å². The molecular weight excluding hydrogens is 257 g/mol. The van der Waals surface area contributed by atoms with E-state index in [1.54, 1.807) is 30.6 Å². The molecule has 0 atom stereocenters. The van der Waals surface area contributed by atoms with Crippen LogP contribution >= 0.6 is 0 Å². The van der Waals surface area contributed by atoms with Crippen molar-refractivity contribution >= 4 is 5.69 Å². The average Bonchev–Trinajstić information content (AvgIpc) is 2.38. The Bertz CT molecular complexity index is 556. The summed E-state index contributed by atoms with van der Waals surface area (Å²) in [5, 5.41) is 0. The summed E-state index contributed by atoms with van der Waals surface area (Å²) in [6.07, 6.45) is -1.17. The van der Waals surface area contributed by atoms with Gasteiger partial charge in [0.2, 0.25) is 0 Å². The molecule has 0 aliphatic carbocycles. The van der Waals surface area contributed by atoms with E-state index >= 15 is 0 Å². The van der Waals surface area contributed by atoms with Gasteiger partial charge in [0.05, 0.1) is 5.69 Å². The standard InChI is InChI=1S/C13H11F3N2O/c14-13(15,16)8-19-12-6-9(3-4-11(12)17)10-2-1-5-18-7-10/h1-7H,8,17H2. The molecule has 0 amide bonds. The molecule has 2 rings (SSSR count). The highest BCUT2D eigenvalue weighted by molar-refractivity contribution is 5.69. The molecule has 3 nitrogen and oxygen atoms in total. The van der Waals surface area contributed by atoms with Crippen LogP contribution < -0.4 is 10.5 Å². The molecule has 100 valence electrons. The zero-order valence-electron chi connectivity index (χ0n) is 9.82. The van der Waals surface area contributed by atoms with Crippen molar-refractivity contribution in [1.29, 1.82) is 0 Å². The Kier molecular flexibility index (Phi) is 3.59. The summed E-state index contributed by atoms with van der Waals surface area (Å²) in [6.45, 7) is -1.37. The second kappa shape index (κ2) is 5.17. The number of nitrogens with zero attached hydrogens (tertiary/aromatic N) is 1. The van der Waals surface area contributed by atoms with E-state index in [0.29, 0.717) is 5.56 Å². The fraction of sp³-hybridized carbons (Fsp3) is 0.154. The molecule has 0 aliphatic rings. The van der Waals surface area contributed by atoms with Gasteiger partial charge in [-0.25, -0.2) is 0 Å². The number of hydrogen-bond donors (Lipinski definition) is 1. The number of pyridine rings is 1. The molecule has 2 N–H and O–H groups in total. The first-order valence-electron chi connectivity index (χ1n) is 5.45. The third-order valence-corrected chi connectivity index (χ3v) is 2.40. The van der Waals surface area contributed by atoms with E-state index in [2.05, 4.69) is 4.98 Å². The first-order chi connectivity index (χ1) is 8.96. The molecule has 1 aromatic carbocycles. The molecule has 0 fully saturated rings. The van der Waals surface area contributed by atoms with Crippen LogP contribution in [0.4, 0.5) is 18.9 Å². The maximum atomic E-state index is 12.1. The molecule has 0 unspecified atom stereocenters. The van der Waals surface area contributed by atoms with Gasteiger partial charge in [-0.2, -0.15) is 13.2 Å². The largest absolute Gasteiger partial charge is 0.482 e. The third kappa shape index (κ3) is 3.61. The number of hydrogen-bond acceptors (Lipinski definition) is 3. The summed E-state index contributed by atoms with van der Waals surface area (Å²) in [5.74, 6) is 0.0127. The summed E-state index contributed by atoms with van der Waals surface area (Å²) in [6, 6.07) is 8.22. The highest BCUT2D eigenvalue weighted by atomic mass is 19.4. The fourth-order valence-corrected chi connectivity index (χ4v) is 1.53. The summed E-state index contributed by atoms with van der Waals surface area (Å²) < 4.78 is 41.1. The summed E-state index contributed by atoms with van der Waals surface area (Å²) in [7, 11) is 0. The van der Waals surface area contributed by atoms with E-state index in [9.17, 15) is 13.2 Å². The Hall–Kier alpha value is -2.24. The van der Waals surface area contributed by atoms with Crippen molar-refractivity contribution in [2.75, 3.05) is 12.3 Å². The minimum absolute atomic E-state index is 0.0127. The summed E-state index contributed by atoms with van der Waals surface area (Å²) in [4.78, 5) is 3.95. The van der Waals surface area contributed by atoms with Crippen LogP contribution in [0.15, 0.2) is 42.7 Å². The molecule has 0 aliphatic heterocycles. The second-order valence-corrected chi connectivity index (χ2v) is 3.90. The first kappa shape index (κ1) is 13.2. The Morgan fingerprint density at radius 2 is 1.95 bits per heavy atom. The van der Waals surface area contributed by atoms with Crippen LogP contribution in [0.1, 0.15) is 0 Å². The van der Waals surface area contributed by atoms with Crippen molar-refractivity contribution in [2.24, 2.45) is 0 Å². The number of halogens is 3. The maximum absolute atomic E-state index is 12.1. The highest BCUT2D eigenvalue weighted by Gasteiger charge is 2.28. The SMILES string of the molecule is Nc1ccc(-c2cccnc2)cc1OCC(F)(F)F. The minimum atomic E-state index is -4.39. The van der Waals surface area contributed by atoms with Crippen LogP contribution in [-0.2, 0) is 0 Å². The van der Waals surface area contributed by atoms with Crippen molar-refractivity contribution in [3.8, 4) is 16.9 Å². The number of nitrogens with two attached hydrogens (primary N) is 1. The zero-order valence-corrected chi connectivity index (χ0v) is 9.82. The molecule has 0 saturated heterocycles. The summed E-state index contributed by atoms with van der Waals surface area (Å²) >= 11 is 0. The molecule has 6 heteroatoms. The summed E-state index contributed by atoms with van der Waals surface area (Å²) in [5.41, 5.74) is 7.22. The van der Waals surface area contributed by atoms with Crippen LogP contribution in [0.2, 0.25) is 0 Å². The molecule has 0 spiro atoms. The first-order valence-corrected chi connectivity index (χ1v) is 5.45. The molecule has 2 aromatic rings. The quantitative estimate of drug-likeness (QED) is 0.869. The van der Waals surface area contributed by atoms with Gasteiger partial charge in [0, 0.05) is 18.0 Å². The van der Waals surface area contributed by atoms with E-state index in [1.165, 1.54) is 12.1 Å². The number of anilines is 1. The highest BCUT2D eigenvalue weighted by Crippen LogP contribution is 2.29. The van der Waals surface area contributed by atoms with Gasteiger partial charge in [-0.1, -0.05) is 12.1 Å². The Morgan fingerprint density at radius 1 is 1.16 bits per heavy atom. The van der Waals surface area contributed by atoms with Crippen molar-refractivity contribution in [1.82, 2.24) is 4.98 Å². The Labute approximate surface area is 107 Å². The van der Waals surface area contributed by atoms with Gasteiger partial charge in [-0.3, -0.25) is 4.98 Å². The van der Waals surface area contributed by atoms with Gasteiger partial charge in [-0.05, 0) is 23.8 Å². The van der Waals surface area contributed by atoms with Crippen LogP contribution in [0.5, 0.6) is 5.75 Å². The molecular formula is C13H11F3N2O. The topological polar surface area (TPSA) is 48.1 Å². The van der Waals surface area contributed by atoms with Crippen LogP contribution in [0, 0.1) is 0 Å². The predicted molar refractivity (Wildman–Crippen MR) is 65.6 cm³/mol. The van der Waals surface area contributed by atoms with Gasteiger partial charge in [-0.15, -0.1) is 0 Å². The van der Waals surface area contributed by atoms with Crippen LogP contribution in [-0.4, -0.2) is 17.8 Å². The van der Waals surface area contributed by atoms with Crippen LogP contribution in [0.3, 0.4) is 0 Å². The lowest BCUT2D eigenvalue weighted by Crippen LogP contribution is -2.19. The number of nitrogen functional groups attached to an aromatic ring is 1. The number of benzene rings is 1. The number of ether oxygens (including phenoxy) is 1. The zero-order chi connectivity index (χ0) is 13.9. The third-order valence-electron chi connectivity index (χ3n) is 2.40. The van der Waals surface area contributed by atoms with Gasteiger partial charge in [0.25, 0.3) is 0 Å². The van der Waals surface area contributed by atoms with Gasteiger partial charge < -0.3 is 10.5 Å². The molecule has 19 heavy (non-hydrogen) atoms. The molecule has 0 saturated carbocycles. The number of alkyl halides is 3. The van der Waals surface area contributed by atoms with Crippen molar-refractivity contribution in [3.63, 3.8) is 0 Å². The number of aromatic nitrogens is 1. The van der Waals surface area contributed by atoms with Gasteiger partial charge in [0.1, 0.15) is 5.75 Å². The van der Waals surface area contributed by atoms with E-state index < -0.39 is 12.8 Å². The van der Waals surface area contributed by atoms with Crippen molar-refractivity contribution in [2.45, 2.75) is 6.18 Å². The lowest BCUT2D eigenvalue weighted by Gasteiger charge is -2.12. The predicted octanol–water partition coefficient (Wildman–Crippen LogP) is 3.27. The maximum Gasteiger partial charge on any atom is 0.422 e. The average molecular weight is 268 g/mol. The van der Waals surface area contributed by atoms with E-state index in [-0.39, 0.29) is 11.4 Å². The lowest BCUT2D eigenvalue weighted by molar-refractivity contribution is -0.153. The van der Waals surface area contributed by atoms with E-state index in [4.69, 9.17) is 10.5 Å². The minimum Gasteiger partial charge on any atom is -0.482 e. The second-order valence-electron chi connectivity index (χ2n) is 3.90. The van der Waals surface area contributed by atoms with Crippen molar-refractivity contribution in [3.05, 3.63) is 42.7 Å². The Balaban J connectivity index is 2.25. The molecule has 0 bridgehead atoms. The molecule has 0 radical (unpaired) electrons. The normalized spacial score (nSPS) is 11.3.